The highest BCUT2D eigenvalue weighted by Gasteiger charge is 2.27. The van der Waals surface area contributed by atoms with Gasteiger partial charge in [0.2, 0.25) is 0 Å². The topological polar surface area (TPSA) is 97.1 Å². The highest BCUT2D eigenvalue weighted by Crippen LogP contribution is 2.19. The molecular weight excluding hydrogens is 360 g/mol. The molecule has 1 saturated heterocycles. The van der Waals surface area contributed by atoms with Crippen LogP contribution in [0.2, 0.25) is 0 Å². The van der Waals surface area contributed by atoms with Crippen LogP contribution in [0.15, 0.2) is 29.3 Å². The summed E-state index contributed by atoms with van der Waals surface area (Å²) in [6.45, 7) is 8.38. The Labute approximate surface area is 166 Å². The molecule has 0 saturated carbocycles. The number of esters is 1. The number of non-ortho nitro benzene ring substituents is 1. The van der Waals surface area contributed by atoms with Crippen LogP contribution in [0.1, 0.15) is 45.6 Å². The molecule has 2 rings (SSSR count). The Kier molecular flexibility index (Phi) is 8.22. The SMILES string of the molecule is CCOC(=O)C1CCN(C(=NCc2ccc([N+](=O)[O-])cc2)NC(C)CC)CC1. The molecule has 8 heteroatoms. The standard InChI is InChI=1S/C20H30N4O4/c1-4-15(3)22-20(21-14-16-6-8-18(9-7-16)24(26)27)23-12-10-17(11-13-23)19(25)28-5-2/h6-9,15,17H,4-5,10-14H2,1-3H3,(H,21,22). The van der Waals surface area contributed by atoms with E-state index >= 15 is 0 Å². The van der Waals surface area contributed by atoms with Crippen molar-refractivity contribution in [1.82, 2.24) is 10.2 Å². The fourth-order valence-electron chi connectivity index (χ4n) is 3.04. The molecule has 8 nitrogen and oxygen atoms in total. The van der Waals surface area contributed by atoms with Gasteiger partial charge in [-0.05, 0) is 38.7 Å². The maximum absolute atomic E-state index is 12.0. The average Bonchev–Trinajstić information content (AvgIpc) is 2.71. The minimum atomic E-state index is -0.406. The van der Waals surface area contributed by atoms with E-state index < -0.39 is 4.92 Å². The van der Waals surface area contributed by atoms with E-state index in [0.717, 1.165) is 43.9 Å². The third-order valence-electron chi connectivity index (χ3n) is 4.96. The molecule has 1 unspecified atom stereocenters. The minimum Gasteiger partial charge on any atom is -0.466 e. The van der Waals surface area contributed by atoms with Crippen molar-refractivity contribution < 1.29 is 14.5 Å². The lowest BCUT2D eigenvalue weighted by Crippen LogP contribution is -2.49. The number of carbonyl (C=O) groups excluding carboxylic acids is 1. The van der Waals surface area contributed by atoms with Crippen molar-refractivity contribution in [3.05, 3.63) is 39.9 Å². The molecular formula is C20H30N4O4. The maximum Gasteiger partial charge on any atom is 0.309 e. The largest absolute Gasteiger partial charge is 0.466 e. The third kappa shape index (κ3) is 6.21. The van der Waals surface area contributed by atoms with Crippen LogP contribution in [0.5, 0.6) is 0 Å². The molecule has 1 heterocycles. The van der Waals surface area contributed by atoms with Crippen molar-refractivity contribution >= 4 is 17.6 Å². The molecule has 0 aliphatic carbocycles. The number of nitrogens with zero attached hydrogens (tertiary/aromatic N) is 3. The van der Waals surface area contributed by atoms with Gasteiger partial charge in [0, 0.05) is 31.3 Å². The molecule has 0 spiro atoms. The summed E-state index contributed by atoms with van der Waals surface area (Å²) < 4.78 is 5.14. The van der Waals surface area contributed by atoms with Crippen LogP contribution < -0.4 is 5.32 Å². The number of likely N-dealkylation sites (tertiary alicyclic amines) is 1. The van der Waals surface area contributed by atoms with E-state index in [4.69, 9.17) is 9.73 Å². The van der Waals surface area contributed by atoms with E-state index in [1.165, 1.54) is 12.1 Å². The molecule has 1 N–H and O–H groups in total. The number of hydrogen-bond donors (Lipinski definition) is 1. The van der Waals surface area contributed by atoms with Crippen LogP contribution in [0.3, 0.4) is 0 Å². The molecule has 1 aliphatic rings. The number of rotatable bonds is 7. The number of hydrogen-bond acceptors (Lipinski definition) is 5. The molecule has 1 fully saturated rings. The van der Waals surface area contributed by atoms with Gasteiger partial charge in [0.25, 0.3) is 5.69 Å². The first kappa shape index (κ1) is 21.7. The lowest BCUT2D eigenvalue weighted by molar-refractivity contribution is -0.384. The predicted octanol–water partition coefficient (Wildman–Crippen LogP) is 3.11. The van der Waals surface area contributed by atoms with Crippen LogP contribution in [0, 0.1) is 16.0 Å². The molecule has 154 valence electrons. The second-order valence-electron chi connectivity index (χ2n) is 7.03. The quantitative estimate of drug-likeness (QED) is 0.253. The van der Waals surface area contributed by atoms with Crippen molar-refractivity contribution in [1.29, 1.82) is 0 Å². The van der Waals surface area contributed by atoms with Gasteiger partial charge in [0.05, 0.1) is 24.0 Å². The Morgan fingerprint density at radius 2 is 1.96 bits per heavy atom. The van der Waals surface area contributed by atoms with E-state index in [9.17, 15) is 14.9 Å². The summed E-state index contributed by atoms with van der Waals surface area (Å²) in [6.07, 6.45) is 2.46. The fraction of sp³-hybridized carbons (Fsp3) is 0.600. The summed E-state index contributed by atoms with van der Waals surface area (Å²) >= 11 is 0. The lowest BCUT2D eigenvalue weighted by Gasteiger charge is -2.34. The number of piperidine rings is 1. The molecule has 0 bridgehead atoms. The van der Waals surface area contributed by atoms with Gasteiger partial charge in [-0.15, -0.1) is 0 Å². The highest BCUT2D eigenvalue weighted by molar-refractivity contribution is 5.81. The number of nitrogens with one attached hydrogen (secondary N) is 1. The first-order valence-electron chi connectivity index (χ1n) is 9.90. The van der Waals surface area contributed by atoms with Crippen LogP contribution >= 0.6 is 0 Å². The minimum absolute atomic E-state index is 0.0456. The summed E-state index contributed by atoms with van der Waals surface area (Å²) in [5.41, 5.74) is 0.988. The summed E-state index contributed by atoms with van der Waals surface area (Å²) in [4.78, 5) is 29.2. The number of aliphatic imine (C=N–C) groups is 1. The zero-order valence-electron chi connectivity index (χ0n) is 16.9. The first-order valence-corrected chi connectivity index (χ1v) is 9.90. The number of ether oxygens (including phenoxy) is 1. The lowest BCUT2D eigenvalue weighted by atomic mass is 9.97. The molecule has 0 radical (unpaired) electrons. The normalized spacial score (nSPS) is 16.5. The van der Waals surface area contributed by atoms with Gasteiger partial charge in [0.1, 0.15) is 0 Å². The summed E-state index contributed by atoms with van der Waals surface area (Å²) in [6, 6.07) is 6.73. The molecule has 28 heavy (non-hydrogen) atoms. The van der Waals surface area contributed by atoms with Crippen LogP contribution in [-0.4, -0.2) is 47.5 Å². The Bertz CT molecular complexity index is 682. The molecule has 0 amide bonds. The van der Waals surface area contributed by atoms with Gasteiger partial charge >= 0.3 is 5.97 Å². The van der Waals surface area contributed by atoms with Crippen LogP contribution in [0.4, 0.5) is 5.69 Å². The third-order valence-corrected chi connectivity index (χ3v) is 4.96. The van der Waals surface area contributed by atoms with E-state index in [2.05, 4.69) is 24.1 Å². The number of nitro benzene ring substituents is 1. The number of benzene rings is 1. The van der Waals surface area contributed by atoms with Crippen molar-refractivity contribution in [2.75, 3.05) is 19.7 Å². The Hall–Kier alpha value is -2.64. The highest BCUT2D eigenvalue weighted by atomic mass is 16.6. The van der Waals surface area contributed by atoms with Gasteiger partial charge in [0.15, 0.2) is 5.96 Å². The molecule has 1 aliphatic heterocycles. The number of guanidine groups is 1. The molecule has 0 aromatic heterocycles. The second kappa shape index (κ2) is 10.6. The summed E-state index contributed by atoms with van der Waals surface area (Å²) in [7, 11) is 0. The van der Waals surface area contributed by atoms with Gasteiger partial charge < -0.3 is 15.0 Å². The Morgan fingerprint density at radius 1 is 1.32 bits per heavy atom. The van der Waals surface area contributed by atoms with Crippen molar-refractivity contribution in [2.24, 2.45) is 10.9 Å². The van der Waals surface area contributed by atoms with Gasteiger partial charge in [-0.25, -0.2) is 4.99 Å². The molecule has 1 aromatic rings. The van der Waals surface area contributed by atoms with Gasteiger partial charge in [-0.3, -0.25) is 14.9 Å². The summed E-state index contributed by atoms with van der Waals surface area (Å²) in [5.74, 6) is 0.659. The van der Waals surface area contributed by atoms with E-state index in [1.807, 2.05) is 6.92 Å². The van der Waals surface area contributed by atoms with Crippen molar-refractivity contribution in [3.8, 4) is 0 Å². The van der Waals surface area contributed by atoms with Crippen LogP contribution in [-0.2, 0) is 16.1 Å². The van der Waals surface area contributed by atoms with E-state index in [0.29, 0.717) is 13.2 Å². The monoisotopic (exact) mass is 390 g/mol. The van der Waals surface area contributed by atoms with E-state index in [1.54, 1.807) is 12.1 Å². The summed E-state index contributed by atoms with van der Waals surface area (Å²) in [5, 5.41) is 14.2. The first-order chi connectivity index (χ1) is 13.4. The second-order valence-corrected chi connectivity index (χ2v) is 7.03. The van der Waals surface area contributed by atoms with Gasteiger partial charge in [-0.2, -0.15) is 0 Å². The Morgan fingerprint density at radius 3 is 2.50 bits per heavy atom. The van der Waals surface area contributed by atoms with Crippen molar-refractivity contribution in [3.63, 3.8) is 0 Å². The Balaban J connectivity index is 2.04. The number of nitro groups is 1. The van der Waals surface area contributed by atoms with Crippen molar-refractivity contribution in [2.45, 2.75) is 52.6 Å². The molecule has 1 atom stereocenters. The number of carbonyl (C=O) groups is 1. The maximum atomic E-state index is 12.0. The van der Waals surface area contributed by atoms with E-state index in [-0.39, 0.29) is 23.6 Å². The average molecular weight is 390 g/mol. The van der Waals surface area contributed by atoms with Gasteiger partial charge in [-0.1, -0.05) is 19.1 Å². The fourth-order valence-corrected chi connectivity index (χ4v) is 3.04. The van der Waals surface area contributed by atoms with Crippen LogP contribution in [0.25, 0.3) is 0 Å². The zero-order valence-corrected chi connectivity index (χ0v) is 16.9. The smallest absolute Gasteiger partial charge is 0.309 e. The molecule has 1 aromatic carbocycles. The zero-order chi connectivity index (χ0) is 20.5. The predicted molar refractivity (Wildman–Crippen MR) is 108 cm³/mol.